The lowest BCUT2D eigenvalue weighted by Crippen LogP contribution is -2.34. The van der Waals surface area contributed by atoms with E-state index in [1.54, 1.807) is 0 Å². The summed E-state index contributed by atoms with van der Waals surface area (Å²) >= 11 is 0. The van der Waals surface area contributed by atoms with Crippen molar-refractivity contribution in [3.63, 3.8) is 0 Å². The molecule has 0 amide bonds. The lowest BCUT2D eigenvalue weighted by molar-refractivity contribution is -0.153. The zero-order chi connectivity index (χ0) is 9.30. The molecule has 0 aliphatic carbocycles. The van der Waals surface area contributed by atoms with E-state index in [0.29, 0.717) is 0 Å². The molecule has 1 rings (SSSR count). The van der Waals surface area contributed by atoms with E-state index in [1.807, 2.05) is 13.8 Å². The maximum absolute atomic E-state index is 9.47. The third-order valence-corrected chi connectivity index (χ3v) is 2.15. The fourth-order valence-electron chi connectivity index (χ4n) is 1.42. The highest BCUT2D eigenvalue weighted by Crippen LogP contribution is 2.26. The van der Waals surface area contributed by atoms with Gasteiger partial charge in [-0.1, -0.05) is 13.8 Å². The first kappa shape index (κ1) is 9.92. The average molecular weight is 176 g/mol. The molecular weight excluding hydrogens is 160 g/mol. The molecule has 12 heavy (non-hydrogen) atoms. The van der Waals surface area contributed by atoms with Crippen LogP contribution < -0.4 is 0 Å². The van der Waals surface area contributed by atoms with Crippen molar-refractivity contribution in [3.8, 4) is 0 Å². The number of methoxy groups -OCH3 is 1. The van der Waals surface area contributed by atoms with E-state index in [9.17, 15) is 10.2 Å². The normalized spacial score (nSPS) is 42.5. The van der Waals surface area contributed by atoms with Crippen LogP contribution in [0.25, 0.3) is 0 Å². The van der Waals surface area contributed by atoms with Crippen LogP contribution in [0.1, 0.15) is 13.8 Å². The van der Waals surface area contributed by atoms with Crippen molar-refractivity contribution in [1.82, 2.24) is 0 Å². The van der Waals surface area contributed by atoms with Crippen LogP contribution in [0.4, 0.5) is 0 Å². The summed E-state index contributed by atoms with van der Waals surface area (Å²) < 4.78 is 10.1. The molecule has 0 spiro atoms. The number of aliphatic hydroxyl groups excluding tert-OH is 2. The monoisotopic (exact) mass is 176 g/mol. The lowest BCUT2D eigenvalue weighted by Gasteiger charge is -2.17. The summed E-state index contributed by atoms with van der Waals surface area (Å²) in [5.41, 5.74) is 0. The van der Waals surface area contributed by atoms with Gasteiger partial charge in [-0.05, 0) is 5.92 Å². The van der Waals surface area contributed by atoms with Crippen molar-refractivity contribution in [2.45, 2.75) is 38.4 Å². The van der Waals surface area contributed by atoms with E-state index in [1.165, 1.54) is 7.11 Å². The predicted molar refractivity (Wildman–Crippen MR) is 42.5 cm³/mol. The minimum atomic E-state index is -0.928. The summed E-state index contributed by atoms with van der Waals surface area (Å²) in [5.74, 6) is 0.176. The van der Waals surface area contributed by atoms with Gasteiger partial charge in [0.05, 0.1) is 6.10 Å². The third kappa shape index (κ3) is 1.61. The van der Waals surface area contributed by atoms with Crippen LogP contribution in [-0.2, 0) is 9.47 Å². The topological polar surface area (TPSA) is 58.9 Å². The molecule has 4 atom stereocenters. The second kappa shape index (κ2) is 3.70. The van der Waals surface area contributed by atoms with E-state index >= 15 is 0 Å². The first-order valence-corrected chi connectivity index (χ1v) is 4.12. The van der Waals surface area contributed by atoms with Crippen LogP contribution in [0.15, 0.2) is 0 Å². The highest BCUT2D eigenvalue weighted by molar-refractivity contribution is 4.87. The highest BCUT2D eigenvalue weighted by Gasteiger charge is 2.43. The summed E-state index contributed by atoms with van der Waals surface area (Å²) in [6, 6.07) is 0. The van der Waals surface area contributed by atoms with Crippen LogP contribution in [0.5, 0.6) is 0 Å². The molecular formula is C8H16O4. The van der Waals surface area contributed by atoms with Gasteiger partial charge in [-0.25, -0.2) is 0 Å². The summed E-state index contributed by atoms with van der Waals surface area (Å²) in [7, 11) is 1.45. The van der Waals surface area contributed by atoms with Crippen LogP contribution in [0, 0.1) is 5.92 Å². The SMILES string of the molecule is COC1O[C@H](C(C)C)[C@@H](O)[C@H]1O. The Labute approximate surface area is 72.1 Å². The molecule has 1 saturated heterocycles. The van der Waals surface area contributed by atoms with Gasteiger partial charge in [0.2, 0.25) is 0 Å². The fraction of sp³-hybridized carbons (Fsp3) is 1.00. The van der Waals surface area contributed by atoms with Crippen LogP contribution >= 0.6 is 0 Å². The van der Waals surface area contributed by atoms with Crippen molar-refractivity contribution in [2.75, 3.05) is 7.11 Å². The van der Waals surface area contributed by atoms with E-state index < -0.39 is 18.5 Å². The maximum Gasteiger partial charge on any atom is 0.186 e. The van der Waals surface area contributed by atoms with Gasteiger partial charge in [0.15, 0.2) is 6.29 Å². The Hall–Kier alpha value is -0.160. The van der Waals surface area contributed by atoms with E-state index in [4.69, 9.17) is 9.47 Å². The molecule has 1 aliphatic rings. The van der Waals surface area contributed by atoms with Crippen molar-refractivity contribution < 1.29 is 19.7 Å². The molecule has 0 saturated carbocycles. The minimum Gasteiger partial charge on any atom is -0.387 e. The Morgan fingerprint density at radius 2 is 1.83 bits per heavy atom. The molecule has 0 aromatic carbocycles. The average Bonchev–Trinajstić information content (AvgIpc) is 2.30. The van der Waals surface area contributed by atoms with Crippen molar-refractivity contribution in [2.24, 2.45) is 5.92 Å². The van der Waals surface area contributed by atoms with Crippen molar-refractivity contribution >= 4 is 0 Å². The Balaban J connectivity index is 2.60. The molecule has 0 radical (unpaired) electrons. The first-order valence-electron chi connectivity index (χ1n) is 4.12. The molecule has 0 aromatic heterocycles. The number of rotatable bonds is 2. The zero-order valence-electron chi connectivity index (χ0n) is 7.60. The molecule has 1 heterocycles. The molecule has 2 N–H and O–H groups in total. The standard InChI is InChI=1S/C8H16O4/c1-4(2)7-5(9)6(10)8(11-3)12-7/h4-10H,1-3H3/t5-,6+,7+,8?/m0/s1. The predicted octanol–water partition coefficient (Wildman–Crippen LogP) is -0.264. The van der Waals surface area contributed by atoms with Gasteiger partial charge >= 0.3 is 0 Å². The largest absolute Gasteiger partial charge is 0.387 e. The molecule has 4 heteroatoms. The van der Waals surface area contributed by atoms with Gasteiger partial charge < -0.3 is 19.7 Å². The van der Waals surface area contributed by atoms with Crippen LogP contribution in [0.2, 0.25) is 0 Å². The van der Waals surface area contributed by atoms with Crippen LogP contribution in [-0.4, -0.2) is 41.9 Å². The number of aliphatic hydroxyl groups is 2. The Morgan fingerprint density at radius 3 is 2.08 bits per heavy atom. The Bertz CT molecular complexity index is 148. The number of hydrogen-bond acceptors (Lipinski definition) is 4. The van der Waals surface area contributed by atoms with Gasteiger partial charge in [-0.2, -0.15) is 0 Å². The number of hydrogen-bond donors (Lipinski definition) is 2. The smallest absolute Gasteiger partial charge is 0.186 e. The second-order valence-corrected chi connectivity index (χ2v) is 3.43. The summed E-state index contributed by atoms with van der Waals surface area (Å²) in [5, 5.41) is 18.9. The summed E-state index contributed by atoms with van der Waals surface area (Å²) in [6.45, 7) is 3.86. The molecule has 1 unspecified atom stereocenters. The maximum atomic E-state index is 9.47. The van der Waals surface area contributed by atoms with Gasteiger partial charge in [0.1, 0.15) is 12.2 Å². The summed E-state index contributed by atoms with van der Waals surface area (Å²) in [6.07, 6.45) is -2.78. The van der Waals surface area contributed by atoms with Crippen molar-refractivity contribution in [1.29, 1.82) is 0 Å². The summed E-state index contributed by atoms with van der Waals surface area (Å²) in [4.78, 5) is 0. The Kier molecular flexibility index (Phi) is 3.06. The molecule has 0 aromatic rings. The molecule has 1 fully saturated rings. The van der Waals surface area contributed by atoms with E-state index in [2.05, 4.69) is 0 Å². The van der Waals surface area contributed by atoms with E-state index in [-0.39, 0.29) is 12.0 Å². The van der Waals surface area contributed by atoms with Crippen LogP contribution in [0.3, 0.4) is 0 Å². The fourth-order valence-corrected chi connectivity index (χ4v) is 1.42. The second-order valence-electron chi connectivity index (χ2n) is 3.43. The van der Waals surface area contributed by atoms with Gasteiger partial charge in [0.25, 0.3) is 0 Å². The van der Waals surface area contributed by atoms with Gasteiger partial charge in [-0.3, -0.25) is 0 Å². The van der Waals surface area contributed by atoms with Crippen molar-refractivity contribution in [3.05, 3.63) is 0 Å². The molecule has 1 aliphatic heterocycles. The van der Waals surface area contributed by atoms with E-state index in [0.717, 1.165) is 0 Å². The van der Waals surface area contributed by atoms with Gasteiger partial charge in [-0.15, -0.1) is 0 Å². The van der Waals surface area contributed by atoms with Gasteiger partial charge in [0, 0.05) is 7.11 Å². The highest BCUT2D eigenvalue weighted by atomic mass is 16.7. The molecule has 4 nitrogen and oxygen atoms in total. The zero-order valence-corrected chi connectivity index (χ0v) is 7.60. The Morgan fingerprint density at radius 1 is 1.25 bits per heavy atom. The molecule has 0 bridgehead atoms. The quantitative estimate of drug-likeness (QED) is 0.608. The first-order chi connectivity index (χ1) is 5.57. The minimum absolute atomic E-state index is 0.176. The lowest BCUT2D eigenvalue weighted by atomic mass is 10.0. The molecule has 72 valence electrons. The third-order valence-electron chi connectivity index (χ3n) is 2.15. The number of ether oxygens (including phenoxy) is 2.